The zero-order valence-electron chi connectivity index (χ0n) is 20.7. The molecule has 188 valence electrons. The van der Waals surface area contributed by atoms with Crippen molar-refractivity contribution in [3.05, 3.63) is 47.5 Å². The molecule has 0 bridgehead atoms. The molecule has 6 heteroatoms. The van der Waals surface area contributed by atoms with Crippen molar-refractivity contribution in [3.8, 4) is 0 Å². The van der Waals surface area contributed by atoms with Crippen LogP contribution >= 0.6 is 0 Å². The van der Waals surface area contributed by atoms with Crippen LogP contribution in [-0.4, -0.2) is 46.1 Å². The van der Waals surface area contributed by atoms with Gasteiger partial charge in [-0.25, -0.2) is 0 Å². The maximum atomic E-state index is 13.3. The number of ketones is 2. The molecule has 5 rings (SSSR count). The molecule has 1 aromatic rings. The van der Waals surface area contributed by atoms with Crippen molar-refractivity contribution < 1.29 is 29.3 Å². The van der Waals surface area contributed by atoms with Crippen LogP contribution in [0.1, 0.15) is 64.4 Å². The van der Waals surface area contributed by atoms with Crippen LogP contribution in [0.4, 0.5) is 0 Å². The lowest BCUT2D eigenvalue weighted by atomic mass is 9.45. The molecule has 4 aliphatic carbocycles. The Labute approximate surface area is 206 Å². The third-order valence-corrected chi connectivity index (χ3v) is 10.1. The van der Waals surface area contributed by atoms with Crippen LogP contribution in [0.25, 0.3) is 0 Å². The Morgan fingerprint density at radius 3 is 2.54 bits per heavy atom. The van der Waals surface area contributed by atoms with Crippen molar-refractivity contribution in [2.45, 2.75) is 76.9 Å². The fraction of sp³-hybridized carbons (Fsp3) is 0.621. The number of Topliss-reactive ketones (excluding diaryl/α,β-unsaturated/α-hetero) is 1. The number of carbonyl (C=O) groups is 3. The number of hydrogen-bond donors (Lipinski definition) is 2. The van der Waals surface area contributed by atoms with Crippen molar-refractivity contribution in [1.82, 2.24) is 0 Å². The molecule has 35 heavy (non-hydrogen) atoms. The van der Waals surface area contributed by atoms with E-state index < -0.39 is 35.5 Å². The molecular formula is C29H36O6. The Morgan fingerprint density at radius 1 is 1.09 bits per heavy atom. The topological polar surface area (TPSA) is 101 Å². The molecule has 2 N–H and O–H groups in total. The highest BCUT2D eigenvalue weighted by Crippen LogP contribution is 2.68. The molecule has 4 aliphatic rings. The number of fused-ring (bicyclic) bond motifs is 5. The fourth-order valence-corrected chi connectivity index (χ4v) is 8.48. The number of aliphatic hydroxyl groups excluding tert-OH is 2. The summed E-state index contributed by atoms with van der Waals surface area (Å²) in [7, 11) is 0. The van der Waals surface area contributed by atoms with Crippen LogP contribution in [0.2, 0.25) is 0 Å². The fourth-order valence-electron chi connectivity index (χ4n) is 8.48. The van der Waals surface area contributed by atoms with Crippen LogP contribution < -0.4 is 0 Å². The van der Waals surface area contributed by atoms with Crippen LogP contribution in [0, 0.1) is 28.6 Å². The molecule has 0 aromatic heterocycles. The monoisotopic (exact) mass is 480 g/mol. The number of rotatable bonds is 5. The van der Waals surface area contributed by atoms with Gasteiger partial charge in [0.05, 0.1) is 12.5 Å². The van der Waals surface area contributed by atoms with Crippen molar-refractivity contribution in [2.24, 2.45) is 28.6 Å². The summed E-state index contributed by atoms with van der Waals surface area (Å²) in [5.74, 6) is -0.519. The third-order valence-electron chi connectivity index (χ3n) is 10.1. The molecule has 6 nitrogen and oxygen atoms in total. The molecule has 0 heterocycles. The summed E-state index contributed by atoms with van der Waals surface area (Å²) in [6.07, 6.45) is 5.49. The van der Waals surface area contributed by atoms with Crippen molar-refractivity contribution in [2.75, 3.05) is 6.61 Å². The molecule has 0 radical (unpaired) electrons. The summed E-state index contributed by atoms with van der Waals surface area (Å²) in [6, 6.07) is 9.28. The van der Waals surface area contributed by atoms with Gasteiger partial charge >= 0.3 is 5.97 Å². The van der Waals surface area contributed by atoms with Gasteiger partial charge in [0.1, 0.15) is 6.61 Å². The smallest absolute Gasteiger partial charge is 0.311 e. The predicted octanol–water partition coefficient (Wildman–Crippen LogP) is 3.58. The Bertz CT molecular complexity index is 1060. The summed E-state index contributed by atoms with van der Waals surface area (Å²) < 4.78 is 6.09. The number of aliphatic hydroxyl groups is 2. The van der Waals surface area contributed by atoms with Gasteiger partial charge in [0.2, 0.25) is 5.78 Å². The van der Waals surface area contributed by atoms with Crippen LogP contribution in [0.5, 0.6) is 0 Å². The largest absolute Gasteiger partial charge is 0.450 e. The first kappa shape index (κ1) is 24.4. The average molecular weight is 481 g/mol. The molecular weight excluding hydrogens is 444 g/mol. The Hall–Kier alpha value is -2.31. The van der Waals surface area contributed by atoms with E-state index in [1.807, 2.05) is 37.3 Å². The molecule has 7 atom stereocenters. The van der Waals surface area contributed by atoms with Gasteiger partial charge in [-0.3, -0.25) is 14.4 Å². The van der Waals surface area contributed by atoms with Crippen molar-refractivity contribution in [1.29, 1.82) is 0 Å². The molecule has 1 aromatic carbocycles. The summed E-state index contributed by atoms with van der Waals surface area (Å²) in [5.41, 5.74) is -0.471. The summed E-state index contributed by atoms with van der Waals surface area (Å²) in [4.78, 5) is 38.5. The second-order valence-electron chi connectivity index (χ2n) is 11.7. The zero-order chi connectivity index (χ0) is 25.0. The zero-order valence-corrected chi connectivity index (χ0v) is 20.7. The number of ether oxygens (including phenoxy) is 1. The van der Waals surface area contributed by atoms with Gasteiger partial charge in [0.25, 0.3) is 0 Å². The number of benzene rings is 1. The molecule has 0 spiro atoms. The molecule has 3 saturated carbocycles. The molecule has 0 aliphatic heterocycles. The van der Waals surface area contributed by atoms with E-state index in [4.69, 9.17) is 4.74 Å². The molecule has 4 unspecified atom stereocenters. The van der Waals surface area contributed by atoms with Gasteiger partial charge in [-0.05, 0) is 73.3 Å². The first-order valence-corrected chi connectivity index (χ1v) is 13.0. The standard InChI is InChI=1S/C29H36O6/c1-27-12-10-20(31)15-19(27)8-9-21-22-11-13-29(24(33)17-30,28(22,2)16-23(32)26(21)27)35-25(34)14-18-6-4-3-5-7-18/h3-7,15,21-23,26,30,32H,8-14,16-17H2,1-2H3/t21?,22-,23?,26+,27?,28?,29-/m0/s1. The van der Waals surface area contributed by atoms with Gasteiger partial charge < -0.3 is 14.9 Å². The van der Waals surface area contributed by atoms with E-state index in [1.54, 1.807) is 6.08 Å². The van der Waals surface area contributed by atoms with E-state index in [9.17, 15) is 24.6 Å². The second kappa shape index (κ2) is 8.67. The van der Waals surface area contributed by atoms with Crippen LogP contribution in [0.3, 0.4) is 0 Å². The second-order valence-corrected chi connectivity index (χ2v) is 11.7. The summed E-state index contributed by atoms with van der Waals surface area (Å²) >= 11 is 0. The predicted molar refractivity (Wildman–Crippen MR) is 129 cm³/mol. The highest BCUT2D eigenvalue weighted by Gasteiger charge is 2.70. The highest BCUT2D eigenvalue weighted by atomic mass is 16.6. The number of carbonyl (C=O) groups excluding carboxylic acids is 3. The number of allylic oxidation sites excluding steroid dienone is 1. The summed E-state index contributed by atoms with van der Waals surface area (Å²) in [6.45, 7) is 3.47. The lowest BCUT2D eigenvalue weighted by Crippen LogP contribution is -2.63. The first-order valence-electron chi connectivity index (χ1n) is 13.0. The van der Waals surface area contributed by atoms with Gasteiger partial charge in [0.15, 0.2) is 11.4 Å². The van der Waals surface area contributed by atoms with Crippen molar-refractivity contribution >= 4 is 17.5 Å². The van der Waals surface area contributed by atoms with E-state index in [1.165, 1.54) is 0 Å². The van der Waals surface area contributed by atoms with Gasteiger partial charge in [-0.15, -0.1) is 0 Å². The Balaban J connectivity index is 1.48. The molecule has 3 fully saturated rings. The lowest BCUT2D eigenvalue weighted by molar-refractivity contribution is -0.201. The minimum absolute atomic E-state index is 0.00808. The first-order chi connectivity index (χ1) is 16.6. The maximum absolute atomic E-state index is 13.3. The van der Waals surface area contributed by atoms with Crippen molar-refractivity contribution in [3.63, 3.8) is 0 Å². The van der Waals surface area contributed by atoms with Crippen LogP contribution in [0.15, 0.2) is 42.0 Å². The minimum atomic E-state index is -1.44. The van der Waals surface area contributed by atoms with E-state index >= 15 is 0 Å². The van der Waals surface area contributed by atoms with E-state index in [0.717, 1.165) is 30.4 Å². The average Bonchev–Trinajstić information content (AvgIpc) is 3.11. The highest BCUT2D eigenvalue weighted by molar-refractivity contribution is 5.93. The summed E-state index contributed by atoms with van der Waals surface area (Å²) in [5, 5.41) is 21.6. The van der Waals surface area contributed by atoms with Gasteiger partial charge in [0, 0.05) is 11.8 Å². The van der Waals surface area contributed by atoms with Gasteiger partial charge in [-0.1, -0.05) is 49.8 Å². The minimum Gasteiger partial charge on any atom is -0.450 e. The molecule has 0 amide bonds. The lowest BCUT2D eigenvalue weighted by Gasteiger charge is -2.60. The normalized spacial score (nSPS) is 40.2. The van der Waals surface area contributed by atoms with Crippen LogP contribution in [-0.2, 0) is 25.5 Å². The van der Waals surface area contributed by atoms with E-state index in [0.29, 0.717) is 25.7 Å². The number of esters is 1. The SMILES string of the molecule is CC12CCC(=O)C=C1CCC1[C@@H]2C(O)CC2(C)[C@H]1CC[C@]2(OC(=O)Cc1ccccc1)C(=O)CO. The third kappa shape index (κ3) is 3.63. The van der Waals surface area contributed by atoms with Gasteiger partial charge in [-0.2, -0.15) is 0 Å². The van der Waals surface area contributed by atoms with E-state index in [-0.39, 0.29) is 35.4 Å². The Morgan fingerprint density at radius 2 is 1.83 bits per heavy atom. The van der Waals surface area contributed by atoms with E-state index in [2.05, 4.69) is 6.92 Å². The maximum Gasteiger partial charge on any atom is 0.311 e. The number of hydrogen-bond acceptors (Lipinski definition) is 6. The molecule has 0 saturated heterocycles. The Kier molecular flexibility index (Phi) is 6.04. The quantitative estimate of drug-likeness (QED) is 0.625.